The van der Waals surface area contributed by atoms with Crippen LogP contribution >= 0.6 is 0 Å². The molecule has 1 amide bonds. The van der Waals surface area contributed by atoms with Gasteiger partial charge in [-0.25, -0.2) is 9.97 Å². The quantitative estimate of drug-likeness (QED) is 0.520. The lowest BCUT2D eigenvalue weighted by molar-refractivity contribution is 0.102. The lowest BCUT2D eigenvalue weighted by atomic mass is 10.1. The number of hydrogen-bond acceptors (Lipinski definition) is 3. The van der Waals surface area contributed by atoms with Gasteiger partial charge in [0.15, 0.2) is 0 Å². The molecule has 0 aliphatic heterocycles. The monoisotopic (exact) mass is 367 g/mol. The minimum Gasteiger partial charge on any atom is -0.321 e. The van der Waals surface area contributed by atoms with Crippen molar-refractivity contribution in [1.29, 1.82) is 0 Å². The summed E-state index contributed by atoms with van der Waals surface area (Å²) in [5, 5.41) is 2.99. The largest absolute Gasteiger partial charge is 0.321 e. The van der Waals surface area contributed by atoms with Crippen LogP contribution in [0.5, 0.6) is 0 Å². The summed E-state index contributed by atoms with van der Waals surface area (Å²) < 4.78 is 3.78. The first-order valence-corrected chi connectivity index (χ1v) is 8.98. The van der Waals surface area contributed by atoms with Crippen LogP contribution in [0.15, 0.2) is 79.3 Å². The number of aryl methyl sites for hydroxylation is 1. The van der Waals surface area contributed by atoms with Gasteiger partial charge in [0.05, 0.1) is 11.4 Å². The Labute approximate surface area is 161 Å². The fourth-order valence-electron chi connectivity index (χ4n) is 3.41. The van der Waals surface area contributed by atoms with E-state index in [2.05, 4.69) is 15.3 Å². The summed E-state index contributed by atoms with van der Waals surface area (Å²) >= 11 is 0. The highest BCUT2D eigenvalue weighted by Gasteiger charge is 2.16. The second kappa shape index (κ2) is 6.35. The Morgan fingerprint density at radius 1 is 0.929 bits per heavy atom. The molecule has 1 N–H and O–H groups in total. The van der Waals surface area contributed by atoms with Gasteiger partial charge in [-0.1, -0.05) is 24.3 Å². The standard InChI is InChI=1S/C22H17N5O/c1-15-21(27-12-5-3-10-20(27)23-15)22(28)24-17-8-6-7-16(13-17)18-14-26-11-4-2-9-19(26)25-18/h2-14H,1H3,(H,24,28). The van der Waals surface area contributed by atoms with Gasteiger partial charge in [0.2, 0.25) is 0 Å². The molecule has 1 aromatic carbocycles. The number of nitrogens with one attached hydrogen (secondary N) is 1. The van der Waals surface area contributed by atoms with Crippen molar-refractivity contribution < 1.29 is 4.79 Å². The first-order valence-electron chi connectivity index (χ1n) is 8.98. The van der Waals surface area contributed by atoms with Crippen LogP contribution in [-0.4, -0.2) is 24.7 Å². The number of pyridine rings is 2. The van der Waals surface area contributed by atoms with E-state index < -0.39 is 0 Å². The molecular formula is C22H17N5O. The minimum atomic E-state index is -0.191. The van der Waals surface area contributed by atoms with E-state index in [4.69, 9.17) is 0 Å². The highest BCUT2D eigenvalue weighted by Crippen LogP contribution is 2.23. The van der Waals surface area contributed by atoms with E-state index in [1.165, 1.54) is 0 Å². The zero-order valence-corrected chi connectivity index (χ0v) is 15.2. The van der Waals surface area contributed by atoms with Crippen LogP contribution in [0.25, 0.3) is 22.6 Å². The Bertz CT molecular complexity index is 1300. The Balaban J connectivity index is 1.48. The summed E-state index contributed by atoms with van der Waals surface area (Å²) in [5.74, 6) is -0.191. The van der Waals surface area contributed by atoms with Crippen LogP contribution < -0.4 is 5.32 Å². The number of benzene rings is 1. The second-order valence-electron chi connectivity index (χ2n) is 6.60. The zero-order chi connectivity index (χ0) is 19.1. The summed E-state index contributed by atoms with van der Waals surface area (Å²) in [6, 6.07) is 19.3. The maximum atomic E-state index is 12.9. The number of carbonyl (C=O) groups excluding carboxylic acids is 1. The predicted molar refractivity (Wildman–Crippen MR) is 109 cm³/mol. The predicted octanol–water partition coefficient (Wildman–Crippen LogP) is 4.21. The van der Waals surface area contributed by atoms with Gasteiger partial charge in [0.1, 0.15) is 17.0 Å². The zero-order valence-electron chi connectivity index (χ0n) is 15.2. The summed E-state index contributed by atoms with van der Waals surface area (Å²) in [5.41, 5.74) is 5.38. The Morgan fingerprint density at radius 2 is 1.75 bits per heavy atom. The molecule has 6 heteroatoms. The van der Waals surface area contributed by atoms with Gasteiger partial charge in [-0.2, -0.15) is 0 Å². The summed E-state index contributed by atoms with van der Waals surface area (Å²) in [4.78, 5) is 22.0. The van der Waals surface area contributed by atoms with Crippen molar-refractivity contribution in [1.82, 2.24) is 18.8 Å². The van der Waals surface area contributed by atoms with Crippen LogP contribution in [0.4, 0.5) is 5.69 Å². The molecule has 136 valence electrons. The molecule has 0 fully saturated rings. The van der Waals surface area contributed by atoms with Crippen molar-refractivity contribution in [2.75, 3.05) is 5.32 Å². The highest BCUT2D eigenvalue weighted by molar-refractivity contribution is 6.04. The lowest BCUT2D eigenvalue weighted by Crippen LogP contribution is -2.15. The van der Waals surface area contributed by atoms with Gasteiger partial charge in [-0.15, -0.1) is 0 Å². The molecule has 5 rings (SSSR count). The molecule has 0 bridgehead atoms. The topological polar surface area (TPSA) is 63.7 Å². The maximum Gasteiger partial charge on any atom is 0.274 e. The molecule has 4 aromatic heterocycles. The molecule has 5 aromatic rings. The Kier molecular flexibility index (Phi) is 3.69. The van der Waals surface area contributed by atoms with E-state index in [9.17, 15) is 4.79 Å². The molecule has 4 heterocycles. The molecule has 0 unspecified atom stereocenters. The molecule has 6 nitrogen and oxygen atoms in total. The van der Waals surface area contributed by atoms with Crippen LogP contribution in [0.2, 0.25) is 0 Å². The van der Waals surface area contributed by atoms with Gasteiger partial charge in [-0.3, -0.25) is 9.20 Å². The van der Waals surface area contributed by atoms with Crippen molar-refractivity contribution in [3.63, 3.8) is 0 Å². The number of anilines is 1. The van der Waals surface area contributed by atoms with Crippen molar-refractivity contribution in [2.24, 2.45) is 0 Å². The van der Waals surface area contributed by atoms with Gasteiger partial charge in [0.25, 0.3) is 5.91 Å². The number of imidazole rings is 2. The molecule has 0 atom stereocenters. The number of carbonyl (C=O) groups is 1. The summed E-state index contributed by atoms with van der Waals surface area (Å²) in [7, 11) is 0. The van der Waals surface area contributed by atoms with E-state index >= 15 is 0 Å². The molecule has 0 aliphatic carbocycles. The van der Waals surface area contributed by atoms with E-state index in [-0.39, 0.29) is 5.91 Å². The van der Waals surface area contributed by atoms with Crippen molar-refractivity contribution in [3.05, 3.63) is 90.6 Å². The Hall–Kier alpha value is -3.93. The number of nitrogens with zero attached hydrogens (tertiary/aromatic N) is 4. The highest BCUT2D eigenvalue weighted by atomic mass is 16.2. The fourth-order valence-corrected chi connectivity index (χ4v) is 3.41. The molecule has 0 saturated heterocycles. The number of hydrogen-bond donors (Lipinski definition) is 1. The van der Waals surface area contributed by atoms with E-state index in [1.807, 2.05) is 90.6 Å². The third kappa shape index (κ3) is 2.72. The normalized spacial score (nSPS) is 11.2. The number of amides is 1. The average Bonchev–Trinajstić information content (AvgIpc) is 3.28. The molecule has 0 saturated carbocycles. The van der Waals surface area contributed by atoms with Gasteiger partial charge >= 0.3 is 0 Å². The molecule has 0 radical (unpaired) electrons. The van der Waals surface area contributed by atoms with Gasteiger partial charge in [-0.05, 0) is 43.3 Å². The third-order valence-corrected chi connectivity index (χ3v) is 4.70. The maximum absolute atomic E-state index is 12.9. The van der Waals surface area contributed by atoms with Crippen molar-refractivity contribution >= 4 is 22.9 Å². The SMILES string of the molecule is Cc1nc2ccccn2c1C(=O)Nc1cccc(-c2cn3ccccc3n2)c1. The number of fused-ring (bicyclic) bond motifs is 2. The van der Waals surface area contributed by atoms with Crippen molar-refractivity contribution in [2.45, 2.75) is 6.92 Å². The Morgan fingerprint density at radius 3 is 2.61 bits per heavy atom. The first kappa shape index (κ1) is 16.3. The van der Waals surface area contributed by atoms with Gasteiger partial charge < -0.3 is 9.72 Å². The van der Waals surface area contributed by atoms with E-state index in [0.717, 1.165) is 22.6 Å². The summed E-state index contributed by atoms with van der Waals surface area (Å²) in [6.07, 6.45) is 5.78. The van der Waals surface area contributed by atoms with E-state index in [0.29, 0.717) is 17.1 Å². The van der Waals surface area contributed by atoms with Crippen LogP contribution in [0.1, 0.15) is 16.2 Å². The van der Waals surface area contributed by atoms with Gasteiger partial charge in [0, 0.05) is 29.8 Å². The number of rotatable bonds is 3. The molecule has 0 spiro atoms. The average molecular weight is 367 g/mol. The van der Waals surface area contributed by atoms with E-state index in [1.54, 1.807) is 4.40 Å². The molecular weight excluding hydrogens is 350 g/mol. The molecule has 28 heavy (non-hydrogen) atoms. The van der Waals surface area contributed by atoms with Crippen LogP contribution in [0, 0.1) is 6.92 Å². The van der Waals surface area contributed by atoms with Crippen LogP contribution in [-0.2, 0) is 0 Å². The van der Waals surface area contributed by atoms with Crippen LogP contribution in [0.3, 0.4) is 0 Å². The molecule has 0 aliphatic rings. The number of aromatic nitrogens is 4. The summed E-state index contributed by atoms with van der Waals surface area (Å²) in [6.45, 7) is 1.84. The second-order valence-corrected chi connectivity index (χ2v) is 6.60. The smallest absolute Gasteiger partial charge is 0.274 e. The van der Waals surface area contributed by atoms with Crippen molar-refractivity contribution in [3.8, 4) is 11.3 Å². The minimum absolute atomic E-state index is 0.191. The first-order chi connectivity index (χ1) is 13.7. The third-order valence-electron chi connectivity index (χ3n) is 4.70. The lowest BCUT2D eigenvalue weighted by Gasteiger charge is -2.07. The fraction of sp³-hybridized carbons (Fsp3) is 0.0455.